The van der Waals surface area contributed by atoms with Crippen LogP contribution in [0.25, 0.3) is 16.9 Å². The Labute approximate surface area is 137 Å². The molecule has 1 saturated carbocycles. The highest BCUT2D eigenvalue weighted by Crippen LogP contribution is 2.31. The number of fused-ring (bicyclic) bond motifs is 1. The molecule has 23 heavy (non-hydrogen) atoms. The van der Waals surface area contributed by atoms with Crippen molar-refractivity contribution in [1.29, 1.82) is 0 Å². The molecule has 1 N–H and O–H groups in total. The summed E-state index contributed by atoms with van der Waals surface area (Å²) in [5, 5.41) is 3.79. The molecule has 0 radical (unpaired) electrons. The zero-order chi connectivity index (χ0) is 15.6. The van der Waals surface area contributed by atoms with Crippen molar-refractivity contribution in [2.45, 2.75) is 45.1 Å². The van der Waals surface area contributed by atoms with E-state index in [0.717, 1.165) is 17.2 Å². The summed E-state index contributed by atoms with van der Waals surface area (Å²) < 4.78 is 2.19. The van der Waals surface area contributed by atoms with Crippen molar-refractivity contribution in [3.63, 3.8) is 0 Å². The lowest BCUT2D eigenvalue weighted by atomic mass is 9.95. The molecule has 0 atom stereocenters. The summed E-state index contributed by atoms with van der Waals surface area (Å²) >= 11 is 0. The molecule has 0 bridgehead atoms. The van der Waals surface area contributed by atoms with Gasteiger partial charge in [0.2, 0.25) is 0 Å². The molecule has 0 unspecified atom stereocenters. The molecule has 3 aromatic rings. The van der Waals surface area contributed by atoms with Crippen LogP contribution in [0.3, 0.4) is 0 Å². The van der Waals surface area contributed by atoms with Gasteiger partial charge >= 0.3 is 0 Å². The highest BCUT2D eigenvalue weighted by atomic mass is 15.1. The molecular formula is C20H23N3. The van der Waals surface area contributed by atoms with Gasteiger partial charge in [0.25, 0.3) is 0 Å². The third-order valence-corrected chi connectivity index (χ3v) is 4.77. The molecule has 0 amide bonds. The lowest BCUT2D eigenvalue weighted by molar-refractivity contribution is 0.462. The SMILES string of the molecule is Cc1cccc(-c2nc3ccccn3c2NC2CCCCC2)c1. The molecule has 0 saturated heterocycles. The summed E-state index contributed by atoms with van der Waals surface area (Å²) in [5.74, 6) is 1.14. The Bertz CT molecular complexity index is 813. The largest absolute Gasteiger partial charge is 0.367 e. The van der Waals surface area contributed by atoms with Gasteiger partial charge in [0.15, 0.2) is 0 Å². The number of hydrogen-bond donors (Lipinski definition) is 1. The number of nitrogens with one attached hydrogen (secondary N) is 1. The first kappa shape index (κ1) is 14.3. The van der Waals surface area contributed by atoms with Crippen molar-refractivity contribution in [1.82, 2.24) is 9.38 Å². The Morgan fingerprint density at radius 3 is 2.74 bits per heavy atom. The summed E-state index contributed by atoms with van der Waals surface area (Å²) in [7, 11) is 0. The van der Waals surface area contributed by atoms with Gasteiger partial charge in [-0.25, -0.2) is 4.98 Å². The zero-order valence-electron chi connectivity index (χ0n) is 13.6. The Kier molecular flexibility index (Phi) is 3.78. The van der Waals surface area contributed by atoms with Crippen LogP contribution in [-0.4, -0.2) is 15.4 Å². The van der Waals surface area contributed by atoms with Crippen LogP contribution in [0, 0.1) is 6.92 Å². The Balaban J connectivity index is 1.80. The van der Waals surface area contributed by atoms with E-state index in [1.807, 2.05) is 6.07 Å². The molecule has 1 aliphatic rings. The Morgan fingerprint density at radius 1 is 1.04 bits per heavy atom. The van der Waals surface area contributed by atoms with Crippen LogP contribution in [0.2, 0.25) is 0 Å². The number of pyridine rings is 1. The summed E-state index contributed by atoms with van der Waals surface area (Å²) in [4.78, 5) is 4.89. The molecule has 1 fully saturated rings. The number of imidazole rings is 1. The van der Waals surface area contributed by atoms with Gasteiger partial charge in [0, 0.05) is 17.8 Å². The monoisotopic (exact) mass is 305 g/mol. The van der Waals surface area contributed by atoms with Gasteiger partial charge in [-0.05, 0) is 38.0 Å². The summed E-state index contributed by atoms with van der Waals surface area (Å²) in [6.07, 6.45) is 8.64. The highest BCUT2D eigenvalue weighted by Gasteiger charge is 2.19. The third kappa shape index (κ3) is 2.83. The molecule has 2 heterocycles. The van der Waals surface area contributed by atoms with Crippen LogP contribution >= 0.6 is 0 Å². The van der Waals surface area contributed by atoms with Gasteiger partial charge < -0.3 is 5.32 Å². The minimum absolute atomic E-state index is 0.562. The predicted octanol–water partition coefficient (Wildman–Crippen LogP) is 5.05. The van der Waals surface area contributed by atoms with E-state index >= 15 is 0 Å². The van der Waals surface area contributed by atoms with E-state index in [4.69, 9.17) is 4.98 Å². The Morgan fingerprint density at radius 2 is 1.91 bits per heavy atom. The average Bonchev–Trinajstić information content (AvgIpc) is 2.95. The molecule has 1 aromatic carbocycles. The smallest absolute Gasteiger partial charge is 0.139 e. The molecule has 0 spiro atoms. The fourth-order valence-corrected chi connectivity index (χ4v) is 3.57. The number of aromatic nitrogens is 2. The maximum atomic E-state index is 4.89. The molecule has 1 aliphatic carbocycles. The van der Waals surface area contributed by atoms with Crippen LogP contribution in [-0.2, 0) is 0 Å². The lowest BCUT2D eigenvalue weighted by Gasteiger charge is -2.24. The molecular weight excluding hydrogens is 282 g/mol. The first-order chi connectivity index (χ1) is 11.3. The van der Waals surface area contributed by atoms with Gasteiger partial charge in [0.05, 0.1) is 0 Å². The van der Waals surface area contributed by atoms with E-state index in [9.17, 15) is 0 Å². The molecule has 3 nitrogen and oxygen atoms in total. The summed E-state index contributed by atoms with van der Waals surface area (Å²) in [5.41, 5.74) is 4.52. The van der Waals surface area contributed by atoms with Crippen molar-refractivity contribution in [3.05, 3.63) is 54.2 Å². The lowest BCUT2D eigenvalue weighted by Crippen LogP contribution is -2.23. The maximum Gasteiger partial charge on any atom is 0.139 e. The molecule has 3 heteroatoms. The zero-order valence-corrected chi connectivity index (χ0v) is 13.6. The Hall–Kier alpha value is -2.29. The van der Waals surface area contributed by atoms with Crippen LogP contribution in [0.1, 0.15) is 37.7 Å². The van der Waals surface area contributed by atoms with Crippen molar-refractivity contribution in [2.24, 2.45) is 0 Å². The number of rotatable bonds is 3. The van der Waals surface area contributed by atoms with Crippen molar-refractivity contribution in [2.75, 3.05) is 5.32 Å². The van der Waals surface area contributed by atoms with E-state index < -0.39 is 0 Å². The summed E-state index contributed by atoms with van der Waals surface area (Å²) in [6.45, 7) is 2.13. The first-order valence-electron chi connectivity index (χ1n) is 8.62. The number of hydrogen-bond acceptors (Lipinski definition) is 2. The quantitative estimate of drug-likeness (QED) is 0.733. The number of benzene rings is 1. The topological polar surface area (TPSA) is 29.3 Å². The fraction of sp³-hybridized carbons (Fsp3) is 0.350. The van der Waals surface area contributed by atoms with Gasteiger partial charge in [-0.2, -0.15) is 0 Å². The second-order valence-electron chi connectivity index (χ2n) is 6.59. The highest BCUT2D eigenvalue weighted by molar-refractivity contribution is 5.77. The molecule has 0 aliphatic heterocycles. The number of anilines is 1. The number of aryl methyl sites for hydroxylation is 1. The summed E-state index contributed by atoms with van der Waals surface area (Å²) in [6, 6.07) is 15.4. The van der Waals surface area contributed by atoms with E-state index in [0.29, 0.717) is 6.04 Å². The maximum absolute atomic E-state index is 4.89. The van der Waals surface area contributed by atoms with Crippen molar-refractivity contribution < 1.29 is 0 Å². The van der Waals surface area contributed by atoms with Crippen LogP contribution in [0.4, 0.5) is 5.82 Å². The standard InChI is InChI=1S/C20H23N3/c1-15-8-7-9-16(14-15)19-20(21-17-10-3-2-4-11-17)23-13-6-5-12-18(23)22-19/h5-9,12-14,17,21H,2-4,10-11H2,1H3. The van der Waals surface area contributed by atoms with E-state index in [-0.39, 0.29) is 0 Å². The normalized spacial score (nSPS) is 15.9. The second kappa shape index (κ2) is 6.07. The second-order valence-corrected chi connectivity index (χ2v) is 6.59. The fourth-order valence-electron chi connectivity index (χ4n) is 3.57. The van der Waals surface area contributed by atoms with Crippen LogP contribution < -0.4 is 5.32 Å². The molecule has 4 rings (SSSR count). The van der Waals surface area contributed by atoms with Crippen LogP contribution in [0.15, 0.2) is 48.7 Å². The van der Waals surface area contributed by atoms with Crippen molar-refractivity contribution >= 4 is 11.5 Å². The van der Waals surface area contributed by atoms with Gasteiger partial charge in [-0.3, -0.25) is 4.40 Å². The number of nitrogens with zero attached hydrogens (tertiary/aromatic N) is 2. The first-order valence-corrected chi connectivity index (χ1v) is 8.62. The van der Waals surface area contributed by atoms with E-state index in [2.05, 4.69) is 59.2 Å². The van der Waals surface area contributed by atoms with Crippen LogP contribution in [0.5, 0.6) is 0 Å². The molecule has 2 aromatic heterocycles. The average molecular weight is 305 g/mol. The van der Waals surface area contributed by atoms with Gasteiger partial charge in [0.1, 0.15) is 17.2 Å². The minimum atomic E-state index is 0.562. The van der Waals surface area contributed by atoms with E-state index in [1.165, 1.54) is 43.2 Å². The van der Waals surface area contributed by atoms with Gasteiger partial charge in [-0.15, -0.1) is 0 Å². The minimum Gasteiger partial charge on any atom is -0.367 e. The third-order valence-electron chi connectivity index (χ3n) is 4.77. The van der Waals surface area contributed by atoms with Gasteiger partial charge in [-0.1, -0.05) is 49.1 Å². The van der Waals surface area contributed by atoms with E-state index in [1.54, 1.807) is 0 Å². The van der Waals surface area contributed by atoms with Crippen molar-refractivity contribution in [3.8, 4) is 11.3 Å². The predicted molar refractivity (Wildman–Crippen MR) is 95.9 cm³/mol. The molecule has 118 valence electrons.